The predicted octanol–water partition coefficient (Wildman–Crippen LogP) is 17.7. The Labute approximate surface area is 420 Å². The summed E-state index contributed by atoms with van der Waals surface area (Å²) in [7, 11) is 2.50. The van der Waals surface area contributed by atoms with Crippen LogP contribution in [0.25, 0.3) is 75.9 Å². The molecule has 0 spiro atoms. The molecule has 0 saturated carbocycles. The van der Waals surface area contributed by atoms with E-state index in [2.05, 4.69) is 207 Å². The molecule has 0 atom stereocenters. The first-order valence-corrected chi connectivity index (χ1v) is 26.5. The minimum atomic E-state index is 0.0111. The normalized spacial score (nSPS) is 17.4. The topological polar surface area (TPSA) is 41.5 Å². The highest BCUT2D eigenvalue weighted by atomic mass is 32.1. The van der Waals surface area contributed by atoms with Gasteiger partial charge in [-0.05, 0) is 163 Å². The molecule has 0 bridgehead atoms. The van der Waals surface area contributed by atoms with E-state index in [1.165, 1.54) is 77.7 Å². The number of furan rings is 2. The summed E-state index contributed by atoms with van der Waals surface area (Å²) in [6.45, 7) is 21.9. The average Bonchev–Trinajstić information content (AvgIpc) is 4.05. The van der Waals surface area contributed by atoms with Crippen LogP contribution in [0.3, 0.4) is 0 Å². The Kier molecular flexibility index (Phi) is 8.90. The summed E-state index contributed by atoms with van der Waals surface area (Å²) in [5, 5.41) is 12.1. The Hall–Kier alpha value is -6.76. The molecule has 3 aliphatic rings. The summed E-state index contributed by atoms with van der Waals surface area (Å²) in [6.07, 6.45) is 4.64. The maximum absolute atomic E-state index is 7.26. The first-order chi connectivity index (χ1) is 34.0. The van der Waals surface area contributed by atoms with Gasteiger partial charge in [0, 0.05) is 48.6 Å². The van der Waals surface area contributed by atoms with Gasteiger partial charge >= 0.3 is 0 Å². The van der Waals surface area contributed by atoms with Gasteiger partial charge in [-0.15, -0.1) is 11.3 Å². The maximum Gasteiger partial charge on any atom is 0.212 e. The van der Waals surface area contributed by atoms with Crippen molar-refractivity contribution in [2.75, 3.05) is 10.2 Å². The van der Waals surface area contributed by atoms with Crippen molar-refractivity contribution in [3.05, 3.63) is 161 Å². The average molecular weight is 942 g/mol. The summed E-state index contributed by atoms with van der Waals surface area (Å²) in [4.78, 5) is 2.65. The smallest absolute Gasteiger partial charge is 0.212 e. The van der Waals surface area contributed by atoms with E-state index in [1.807, 2.05) is 17.4 Å². The number of hydrogen-bond donors (Lipinski definition) is 1. The molecule has 0 fully saturated rings. The largest absolute Gasteiger partial charge is 0.454 e. The molecule has 0 amide bonds. The minimum Gasteiger partial charge on any atom is -0.454 e. The second-order valence-corrected chi connectivity index (χ2v) is 24.8. The number of aryl methyl sites for hydroxylation is 1. The zero-order valence-corrected chi connectivity index (χ0v) is 43.1. The molecule has 14 rings (SSSR count). The van der Waals surface area contributed by atoms with Gasteiger partial charge in [-0.3, -0.25) is 0 Å². The number of fused-ring (bicyclic) bond motifs is 14. The number of thiophene rings is 1. The monoisotopic (exact) mass is 941 g/mol. The van der Waals surface area contributed by atoms with Gasteiger partial charge in [-0.2, -0.15) is 0 Å². The van der Waals surface area contributed by atoms with Crippen molar-refractivity contribution in [1.29, 1.82) is 0 Å². The number of benzene rings is 8. The molecule has 349 valence electrons. The van der Waals surface area contributed by atoms with Gasteiger partial charge in [-0.1, -0.05) is 134 Å². The van der Waals surface area contributed by atoms with E-state index in [0.717, 1.165) is 90.4 Å². The summed E-state index contributed by atoms with van der Waals surface area (Å²) in [5.74, 6) is 0. The second kappa shape index (κ2) is 14.7. The van der Waals surface area contributed by atoms with E-state index < -0.39 is 0 Å². The molecule has 4 nitrogen and oxygen atoms in total. The van der Waals surface area contributed by atoms with Crippen LogP contribution in [-0.4, -0.2) is 7.28 Å². The molecule has 0 unspecified atom stereocenters. The molecule has 1 radical (unpaired) electrons. The Morgan fingerprint density at radius 3 is 1.75 bits per heavy atom. The van der Waals surface area contributed by atoms with Crippen LogP contribution in [0.4, 0.5) is 28.4 Å². The highest BCUT2D eigenvalue weighted by Crippen LogP contribution is 2.55. The fraction of sp³-hybridized carbons (Fsp3) is 0.262. The maximum atomic E-state index is 7.26. The third-order valence-electron chi connectivity index (χ3n) is 17.3. The second-order valence-electron chi connectivity index (χ2n) is 23.7. The minimum absolute atomic E-state index is 0.0111. The molecule has 2 aliphatic carbocycles. The molecule has 11 aromatic rings. The van der Waals surface area contributed by atoms with Crippen LogP contribution in [0.15, 0.2) is 142 Å². The first kappa shape index (κ1) is 43.1. The SMILES string of the molecule is Cc1cc2c(cc1N1c3c(sc4cc5c(cc34)C(C)(C)CCC5(C)C)[B]c3c(-c4cc5ccccc5cc4Nc4cccc5c4oc4ccccc45)cc4c(oc5ccccc54)c31)C(C)(C)CCC2(C)C. The van der Waals surface area contributed by atoms with Gasteiger partial charge in [0.2, 0.25) is 7.28 Å². The molecular formula is C65H58BN2O2S. The summed E-state index contributed by atoms with van der Waals surface area (Å²) in [5.41, 5.74) is 19.8. The first-order valence-electron chi connectivity index (χ1n) is 25.7. The Balaban J connectivity index is 1.10. The van der Waals surface area contributed by atoms with Gasteiger partial charge in [0.15, 0.2) is 11.2 Å². The van der Waals surface area contributed by atoms with E-state index in [9.17, 15) is 0 Å². The lowest BCUT2D eigenvalue weighted by atomic mass is 9.61. The third-order valence-corrected chi connectivity index (χ3v) is 18.4. The fourth-order valence-corrected chi connectivity index (χ4v) is 14.1. The Morgan fingerprint density at radius 1 is 0.493 bits per heavy atom. The van der Waals surface area contributed by atoms with Gasteiger partial charge in [0.05, 0.1) is 17.1 Å². The van der Waals surface area contributed by atoms with Crippen molar-refractivity contribution in [3.63, 3.8) is 0 Å². The van der Waals surface area contributed by atoms with E-state index in [0.29, 0.717) is 0 Å². The fourth-order valence-electron chi connectivity index (χ4n) is 12.9. The van der Waals surface area contributed by atoms with Crippen molar-refractivity contribution in [2.45, 2.75) is 110 Å². The number of para-hydroxylation sites is 3. The molecule has 1 aliphatic heterocycles. The quantitative estimate of drug-likeness (QED) is 0.179. The predicted molar refractivity (Wildman–Crippen MR) is 304 cm³/mol. The summed E-state index contributed by atoms with van der Waals surface area (Å²) >= 11 is 1.94. The molecule has 1 N–H and O–H groups in total. The lowest BCUT2D eigenvalue weighted by Crippen LogP contribution is -2.40. The molecule has 4 heterocycles. The highest BCUT2D eigenvalue weighted by molar-refractivity contribution is 7.29. The Bertz CT molecular complexity index is 4100. The Morgan fingerprint density at radius 2 is 1.06 bits per heavy atom. The molecule has 0 saturated heterocycles. The van der Waals surface area contributed by atoms with E-state index >= 15 is 0 Å². The number of nitrogens with one attached hydrogen (secondary N) is 1. The van der Waals surface area contributed by atoms with Crippen LogP contribution in [-0.2, 0) is 21.7 Å². The number of rotatable bonds is 4. The number of hydrogen-bond acceptors (Lipinski definition) is 5. The van der Waals surface area contributed by atoms with Crippen LogP contribution >= 0.6 is 11.3 Å². The number of anilines is 5. The van der Waals surface area contributed by atoms with Crippen molar-refractivity contribution in [2.24, 2.45) is 0 Å². The van der Waals surface area contributed by atoms with Gasteiger partial charge in [0.25, 0.3) is 0 Å². The lowest BCUT2D eigenvalue weighted by molar-refractivity contribution is 0.332. The molecule has 6 heteroatoms. The summed E-state index contributed by atoms with van der Waals surface area (Å²) < 4.78 is 16.5. The number of nitrogens with zero attached hydrogens (tertiary/aromatic N) is 1. The van der Waals surface area contributed by atoms with Crippen LogP contribution < -0.4 is 20.5 Å². The highest BCUT2D eigenvalue weighted by Gasteiger charge is 2.42. The summed E-state index contributed by atoms with van der Waals surface area (Å²) in [6, 6.07) is 49.5. The molecular weight excluding hydrogens is 884 g/mol. The van der Waals surface area contributed by atoms with E-state index in [1.54, 1.807) is 0 Å². The van der Waals surface area contributed by atoms with Crippen LogP contribution in [0.2, 0.25) is 0 Å². The molecule has 8 aromatic carbocycles. The van der Waals surface area contributed by atoms with Gasteiger partial charge in [-0.25, -0.2) is 0 Å². The van der Waals surface area contributed by atoms with Crippen LogP contribution in [0.5, 0.6) is 0 Å². The van der Waals surface area contributed by atoms with Crippen LogP contribution in [0, 0.1) is 6.92 Å². The van der Waals surface area contributed by atoms with E-state index in [4.69, 9.17) is 8.83 Å². The van der Waals surface area contributed by atoms with Gasteiger partial charge in [0.1, 0.15) is 11.2 Å². The standard InChI is InChI=1S/C65H58BN2O2S/c1-36-29-46-48(64(6,7)27-25-62(46,2)3)34-52(36)68-57-45-33-47-49(65(8,9)28-26-63(47,4)5)35-55(45)71-61(57)66-56-43(32-44-40-20-13-15-24-54(40)70-60(44)58(56)68)42-30-37-17-10-11-18-38(37)31-51(42)67-50-22-16-21-41-39-19-12-14-23-53(39)69-59(41)50/h10-24,29-35,67H,25-28H2,1-9H3. The third kappa shape index (κ3) is 6.29. The zero-order chi connectivity index (χ0) is 48.5. The van der Waals surface area contributed by atoms with Crippen LogP contribution in [0.1, 0.15) is 109 Å². The van der Waals surface area contributed by atoms with Gasteiger partial charge < -0.3 is 19.1 Å². The lowest BCUT2D eigenvalue weighted by Gasteiger charge is -2.43. The zero-order valence-electron chi connectivity index (χ0n) is 42.3. The van der Waals surface area contributed by atoms with Crippen molar-refractivity contribution >= 4 is 122 Å². The molecule has 71 heavy (non-hydrogen) atoms. The van der Waals surface area contributed by atoms with Crippen molar-refractivity contribution in [1.82, 2.24) is 0 Å². The van der Waals surface area contributed by atoms with E-state index in [-0.39, 0.29) is 21.7 Å². The molecule has 3 aromatic heterocycles. The van der Waals surface area contributed by atoms with Crippen molar-refractivity contribution < 1.29 is 8.83 Å². The van der Waals surface area contributed by atoms with Crippen molar-refractivity contribution in [3.8, 4) is 11.1 Å².